The SMILES string of the molecule is Cc1cc(C)c2ncc(NC(=O)Nc3cc(C(C)C)c(O)c(C(C)C)c3)c(-c3ccccc3Cl)c2c1. The molecule has 0 aliphatic heterocycles. The van der Waals surface area contributed by atoms with Gasteiger partial charge in [0.25, 0.3) is 0 Å². The summed E-state index contributed by atoms with van der Waals surface area (Å²) in [5.74, 6) is 0.502. The summed E-state index contributed by atoms with van der Waals surface area (Å²) in [6, 6.07) is 15.0. The number of carbonyl (C=O) groups excluding carboxylic acids is 1. The first-order valence-electron chi connectivity index (χ1n) is 12.2. The molecule has 0 atom stereocenters. The Hall–Kier alpha value is -3.57. The number of rotatable bonds is 5. The van der Waals surface area contributed by atoms with Gasteiger partial charge in [0.15, 0.2) is 0 Å². The summed E-state index contributed by atoms with van der Waals surface area (Å²) in [6.07, 6.45) is 1.68. The number of aryl methyl sites for hydroxylation is 2. The van der Waals surface area contributed by atoms with Gasteiger partial charge in [-0.25, -0.2) is 4.79 Å². The molecule has 36 heavy (non-hydrogen) atoms. The van der Waals surface area contributed by atoms with E-state index in [2.05, 4.69) is 27.8 Å². The molecule has 0 saturated heterocycles. The fourth-order valence-corrected chi connectivity index (χ4v) is 4.86. The highest BCUT2D eigenvalue weighted by molar-refractivity contribution is 6.34. The number of anilines is 2. The van der Waals surface area contributed by atoms with E-state index >= 15 is 0 Å². The lowest BCUT2D eigenvalue weighted by molar-refractivity contribution is 0.262. The van der Waals surface area contributed by atoms with Crippen molar-refractivity contribution in [2.45, 2.75) is 53.4 Å². The molecule has 2 amide bonds. The number of hydrogen-bond donors (Lipinski definition) is 3. The normalized spacial score (nSPS) is 11.4. The molecule has 0 saturated carbocycles. The minimum Gasteiger partial charge on any atom is -0.507 e. The van der Waals surface area contributed by atoms with Crippen LogP contribution in [0.5, 0.6) is 5.75 Å². The maximum absolute atomic E-state index is 13.2. The minimum absolute atomic E-state index is 0.107. The Balaban J connectivity index is 1.78. The van der Waals surface area contributed by atoms with Crippen LogP contribution in [0.15, 0.2) is 54.7 Å². The standard InChI is InChI=1S/C30H32ClN3O2/c1-16(2)22-13-20(14-23(17(3)4)29(22)35)33-30(36)34-26-15-32-28-19(6)11-18(5)12-24(28)27(26)21-9-7-8-10-25(21)31/h7-17,35H,1-6H3,(H2,33,34,36). The number of benzene rings is 3. The van der Waals surface area contributed by atoms with Gasteiger partial charge in [0.1, 0.15) is 5.75 Å². The Kier molecular flexibility index (Phi) is 7.23. The van der Waals surface area contributed by atoms with Gasteiger partial charge in [-0.3, -0.25) is 4.98 Å². The number of nitrogens with one attached hydrogen (secondary N) is 2. The molecular formula is C30H32ClN3O2. The van der Waals surface area contributed by atoms with Crippen LogP contribution in [0.3, 0.4) is 0 Å². The lowest BCUT2D eigenvalue weighted by Gasteiger charge is -2.19. The second-order valence-electron chi connectivity index (χ2n) is 9.90. The molecule has 186 valence electrons. The molecule has 1 aromatic heterocycles. The Morgan fingerprint density at radius 1 is 0.944 bits per heavy atom. The van der Waals surface area contributed by atoms with Gasteiger partial charge in [-0.2, -0.15) is 0 Å². The zero-order valence-corrected chi connectivity index (χ0v) is 22.3. The Morgan fingerprint density at radius 3 is 2.19 bits per heavy atom. The molecule has 4 aromatic rings. The number of phenolic OH excluding ortho intramolecular Hbond substituents is 1. The number of aromatic hydroxyl groups is 1. The van der Waals surface area contributed by atoms with Gasteiger partial charge in [0.2, 0.25) is 0 Å². The molecule has 0 radical (unpaired) electrons. The van der Waals surface area contributed by atoms with Crippen molar-refractivity contribution in [1.29, 1.82) is 0 Å². The van der Waals surface area contributed by atoms with Gasteiger partial charge < -0.3 is 15.7 Å². The first-order chi connectivity index (χ1) is 17.1. The zero-order chi connectivity index (χ0) is 26.1. The fourth-order valence-electron chi connectivity index (χ4n) is 4.63. The predicted molar refractivity (Wildman–Crippen MR) is 151 cm³/mol. The van der Waals surface area contributed by atoms with Crippen molar-refractivity contribution in [3.8, 4) is 16.9 Å². The second-order valence-corrected chi connectivity index (χ2v) is 10.3. The molecule has 0 aliphatic carbocycles. The molecule has 1 heterocycles. The maximum Gasteiger partial charge on any atom is 0.323 e. The Labute approximate surface area is 217 Å². The summed E-state index contributed by atoms with van der Waals surface area (Å²) in [5, 5.41) is 18.2. The van der Waals surface area contributed by atoms with Crippen molar-refractivity contribution >= 4 is 39.9 Å². The van der Waals surface area contributed by atoms with E-state index in [1.54, 1.807) is 6.20 Å². The van der Waals surface area contributed by atoms with Crippen molar-refractivity contribution in [2.75, 3.05) is 10.6 Å². The van der Waals surface area contributed by atoms with Crippen molar-refractivity contribution < 1.29 is 9.90 Å². The van der Waals surface area contributed by atoms with Crippen LogP contribution in [0, 0.1) is 13.8 Å². The zero-order valence-electron chi connectivity index (χ0n) is 21.5. The monoisotopic (exact) mass is 501 g/mol. The van der Waals surface area contributed by atoms with Crippen LogP contribution in [-0.4, -0.2) is 16.1 Å². The van der Waals surface area contributed by atoms with Crippen LogP contribution in [0.1, 0.15) is 61.8 Å². The average molecular weight is 502 g/mol. The topological polar surface area (TPSA) is 74.2 Å². The number of fused-ring (bicyclic) bond motifs is 1. The summed E-state index contributed by atoms with van der Waals surface area (Å²) in [7, 11) is 0. The van der Waals surface area contributed by atoms with E-state index in [1.165, 1.54) is 0 Å². The number of urea groups is 1. The van der Waals surface area contributed by atoms with Crippen molar-refractivity contribution in [3.63, 3.8) is 0 Å². The number of hydrogen-bond acceptors (Lipinski definition) is 3. The van der Waals surface area contributed by atoms with Crippen molar-refractivity contribution in [2.24, 2.45) is 0 Å². The Bertz CT molecular complexity index is 1430. The molecule has 4 rings (SSSR count). The fraction of sp³-hybridized carbons (Fsp3) is 0.267. The van der Waals surface area contributed by atoms with Crippen LogP contribution in [-0.2, 0) is 0 Å². The molecule has 0 aliphatic rings. The van der Waals surface area contributed by atoms with Crippen LogP contribution in [0.4, 0.5) is 16.2 Å². The highest BCUT2D eigenvalue weighted by Gasteiger charge is 2.19. The van der Waals surface area contributed by atoms with E-state index in [4.69, 9.17) is 11.6 Å². The number of phenols is 1. The van der Waals surface area contributed by atoms with Crippen LogP contribution in [0.25, 0.3) is 22.0 Å². The number of nitrogens with zero attached hydrogens (tertiary/aromatic N) is 1. The third-order valence-electron chi connectivity index (χ3n) is 6.37. The number of aromatic nitrogens is 1. The summed E-state index contributed by atoms with van der Waals surface area (Å²) in [5.41, 5.74) is 7.44. The van der Waals surface area contributed by atoms with E-state index < -0.39 is 6.03 Å². The van der Waals surface area contributed by atoms with Crippen molar-refractivity contribution in [1.82, 2.24) is 4.98 Å². The first-order valence-corrected chi connectivity index (χ1v) is 12.5. The minimum atomic E-state index is -0.399. The van der Waals surface area contributed by atoms with Crippen LogP contribution < -0.4 is 10.6 Å². The van der Waals surface area contributed by atoms with Crippen LogP contribution >= 0.6 is 11.6 Å². The molecule has 3 N–H and O–H groups in total. The quantitative estimate of drug-likeness (QED) is 0.239. The average Bonchev–Trinajstić information content (AvgIpc) is 2.80. The highest BCUT2D eigenvalue weighted by atomic mass is 35.5. The third kappa shape index (κ3) is 5.02. The van der Waals surface area contributed by atoms with E-state index in [0.717, 1.165) is 44.3 Å². The molecule has 0 fully saturated rings. The van der Waals surface area contributed by atoms with E-state index in [9.17, 15) is 9.90 Å². The second kappa shape index (κ2) is 10.2. The van der Waals surface area contributed by atoms with Gasteiger partial charge in [-0.15, -0.1) is 0 Å². The molecular weight excluding hydrogens is 470 g/mol. The molecule has 0 unspecified atom stereocenters. The number of carbonyl (C=O) groups is 1. The molecule has 5 nitrogen and oxygen atoms in total. The first kappa shape index (κ1) is 25.5. The lowest BCUT2D eigenvalue weighted by atomic mass is 9.93. The van der Waals surface area contributed by atoms with E-state index in [1.807, 2.05) is 77.9 Å². The largest absolute Gasteiger partial charge is 0.507 e. The molecule has 0 spiro atoms. The van der Waals surface area contributed by atoms with Crippen molar-refractivity contribution in [3.05, 3.63) is 82.0 Å². The molecule has 6 heteroatoms. The van der Waals surface area contributed by atoms with Gasteiger partial charge >= 0.3 is 6.03 Å². The van der Waals surface area contributed by atoms with Gasteiger partial charge in [-0.05, 0) is 66.6 Å². The van der Waals surface area contributed by atoms with E-state index in [0.29, 0.717) is 16.4 Å². The Morgan fingerprint density at radius 2 is 1.58 bits per heavy atom. The lowest BCUT2D eigenvalue weighted by Crippen LogP contribution is -2.20. The number of amides is 2. The van der Waals surface area contributed by atoms with E-state index in [-0.39, 0.29) is 17.6 Å². The molecule has 3 aromatic carbocycles. The summed E-state index contributed by atoms with van der Waals surface area (Å²) in [4.78, 5) is 17.9. The molecule has 0 bridgehead atoms. The van der Waals surface area contributed by atoms with Gasteiger partial charge in [0, 0.05) is 27.2 Å². The maximum atomic E-state index is 13.2. The highest BCUT2D eigenvalue weighted by Crippen LogP contribution is 2.40. The third-order valence-corrected chi connectivity index (χ3v) is 6.70. The van der Waals surface area contributed by atoms with Crippen LogP contribution in [0.2, 0.25) is 5.02 Å². The summed E-state index contributed by atoms with van der Waals surface area (Å²) in [6.45, 7) is 12.1. The summed E-state index contributed by atoms with van der Waals surface area (Å²) >= 11 is 6.61. The van der Waals surface area contributed by atoms with Gasteiger partial charge in [0.05, 0.1) is 17.4 Å². The number of pyridine rings is 1. The predicted octanol–water partition coefficient (Wildman–Crippen LogP) is 8.77. The van der Waals surface area contributed by atoms with Gasteiger partial charge in [-0.1, -0.05) is 69.1 Å². The summed E-state index contributed by atoms with van der Waals surface area (Å²) < 4.78 is 0. The number of halogens is 1. The smallest absolute Gasteiger partial charge is 0.323 e.